The summed E-state index contributed by atoms with van der Waals surface area (Å²) in [5.74, 6) is -0.757. The molecule has 10 heteroatoms. The van der Waals surface area contributed by atoms with Gasteiger partial charge in [0.25, 0.3) is 5.91 Å². The molecule has 6 nitrogen and oxygen atoms in total. The van der Waals surface area contributed by atoms with Crippen LogP contribution in [0.2, 0.25) is 10.0 Å². The molecule has 2 aromatic rings. The van der Waals surface area contributed by atoms with Crippen molar-refractivity contribution in [3.8, 4) is 5.75 Å². The summed E-state index contributed by atoms with van der Waals surface area (Å²) in [6.45, 7) is -0.481. The molecule has 1 fully saturated rings. The van der Waals surface area contributed by atoms with Crippen LogP contribution in [0, 0.1) is 5.82 Å². The number of aliphatic hydroxyl groups excluding tert-OH is 1. The summed E-state index contributed by atoms with van der Waals surface area (Å²) >= 11 is 14.9. The van der Waals surface area contributed by atoms with Crippen LogP contribution in [0.15, 0.2) is 40.9 Å². The van der Waals surface area contributed by atoms with Gasteiger partial charge in [-0.05, 0) is 45.8 Å². The summed E-state index contributed by atoms with van der Waals surface area (Å²) in [4.78, 5) is 25.6. The number of hydrogen-bond acceptors (Lipinski definition) is 4. The minimum atomic E-state index is -1.15. The Kier molecular flexibility index (Phi) is 6.44. The molecule has 2 unspecified atom stereocenters. The van der Waals surface area contributed by atoms with Gasteiger partial charge in [0.15, 0.2) is 0 Å². The Morgan fingerprint density at radius 2 is 2.00 bits per heavy atom. The fraction of sp³-hybridized carbons (Fsp3) is 0.222. The minimum absolute atomic E-state index is 0.178. The summed E-state index contributed by atoms with van der Waals surface area (Å²) < 4.78 is 19.0. The Morgan fingerprint density at radius 3 is 2.71 bits per heavy atom. The lowest BCUT2D eigenvalue weighted by Crippen LogP contribution is -2.39. The number of aliphatic hydroxyl groups is 1. The zero-order chi connectivity index (χ0) is 20.4. The van der Waals surface area contributed by atoms with E-state index < -0.39 is 29.9 Å². The number of ether oxygens (including phenoxy) is 1. The monoisotopic (exact) mass is 490 g/mol. The molecule has 3 amide bonds. The van der Waals surface area contributed by atoms with Gasteiger partial charge in [0.2, 0.25) is 0 Å². The molecule has 2 N–H and O–H groups in total. The molecule has 2 aromatic carbocycles. The lowest BCUT2D eigenvalue weighted by atomic mass is 10.1. The Hall–Kier alpha value is -1.87. The number of urea groups is 1. The van der Waals surface area contributed by atoms with E-state index in [1.807, 2.05) is 0 Å². The second-order valence-electron chi connectivity index (χ2n) is 6.04. The number of β-amino-alcohol motifs (C(OH)–C–C–N with tert-alkyl or cyclic N) is 1. The predicted octanol–water partition coefficient (Wildman–Crippen LogP) is 3.93. The van der Waals surface area contributed by atoms with Gasteiger partial charge in [-0.25, -0.2) is 9.18 Å². The molecule has 0 aromatic heterocycles. The first-order valence-electron chi connectivity index (χ1n) is 8.09. The predicted molar refractivity (Wildman–Crippen MR) is 105 cm³/mol. The summed E-state index contributed by atoms with van der Waals surface area (Å²) in [5, 5.41) is 13.4. The number of imide groups is 1. The highest BCUT2D eigenvalue weighted by molar-refractivity contribution is 9.10. The Balaban J connectivity index is 1.63. The smallest absolute Gasteiger partial charge is 0.325 e. The molecule has 1 aliphatic heterocycles. The quantitative estimate of drug-likeness (QED) is 0.600. The van der Waals surface area contributed by atoms with E-state index in [1.165, 1.54) is 24.3 Å². The number of benzene rings is 2. The van der Waals surface area contributed by atoms with E-state index in [0.717, 1.165) is 4.90 Å². The third kappa shape index (κ3) is 4.57. The summed E-state index contributed by atoms with van der Waals surface area (Å²) in [6, 6.07) is 7.04. The van der Waals surface area contributed by atoms with Crippen LogP contribution in [0.25, 0.3) is 0 Å². The van der Waals surface area contributed by atoms with Gasteiger partial charge in [-0.3, -0.25) is 9.69 Å². The Morgan fingerprint density at radius 1 is 1.25 bits per heavy atom. The van der Waals surface area contributed by atoms with E-state index in [0.29, 0.717) is 15.6 Å². The van der Waals surface area contributed by atoms with E-state index in [1.54, 1.807) is 12.1 Å². The van der Waals surface area contributed by atoms with Crippen molar-refractivity contribution in [2.75, 3.05) is 13.2 Å². The largest absolute Gasteiger partial charge is 0.489 e. The van der Waals surface area contributed by atoms with Crippen molar-refractivity contribution in [2.45, 2.75) is 12.1 Å². The zero-order valence-corrected chi connectivity index (χ0v) is 17.3. The van der Waals surface area contributed by atoms with Crippen molar-refractivity contribution in [2.24, 2.45) is 0 Å². The average Bonchev–Trinajstić information content (AvgIpc) is 2.93. The molecule has 0 saturated carbocycles. The van der Waals surface area contributed by atoms with Gasteiger partial charge < -0.3 is 15.2 Å². The summed E-state index contributed by atoms with van der Waals surface area (Å²) in [5.41, 5.74) is 0.422. The van der Waals surface area contributed by atoms with Gasteiger partial charge in [0.05, 0.1) is 16.0 Å². The molecule has 0 aliphatic carbocycles. The molecule has 148 valence electrons. The first-order valence-corrected chi connectivity index (χ1v) is 9.64. The van der Waals surface area contributed by atoms with Crippen LogP contribution in [-0.2, 0) is 4.79 Å². The van der Waals surface area contributed by atoms with Crippen molar-refractivity contribution in [1.82, 2.24) is 10.2 Å². The van der Waals surface area contributed by atoms with Crippen LogP contribution in [0.3, 0.4) is 0 Å². The van der Waals surface area contributed by atoms with Crippen LogP contribution in [0.4, 0.5) is 9.18 Å². The van der Waals surface area contributed by atoms with Crippen LogP contribution in [-0.4, -0.2) is 41.2 Å². The third-order valence-electron chi connectivity index (χ3n) is 4.02. The van der Waals surface area contributed by atoms with Crippen LogP contribution < -0.4 is 10.1 Å². The number of halogens is 4. The van der Waals surface area contributed by atoms with Crippen molar-refractivity contribution in [3.05, 3.63) is 62.3 Å². The number of hydrogen-bond donors (Lipinski definition) is 2. The second kappa shape index (κ2) is 8.65. The molecule has 1 heterocycles. The maximum atomic E-state index is 13.4. The minimum Gasteiger partial charge on any atom is -0.489 e. The molecule has 0 bridgehead atoms. The molecule has 28 heavy (non-hydrogen) atoms. The summed E-state index contributed by atoms with van der Waals surface area (Å²) in [6.07, 6.45) is -1.15. The Bertz CT molecular complexity index is 930. The average molecular weight is 492 g/mol. The van der Waals surface area contributed by atoms with E-state index >= 15 is 0 Å². The van der Waals surface area contributed by atoms with E-state index in [4.69, 9.17) is 27.9 Å². The van der Waals surface area contributed by atoms with Gasteiger partial charge in [0, 0.05) is 11.1 Å². The fourth-order valence-electron chi connectivity index (χ4n) is 2.65. The molecular formula is C18H14BrCl2FN2O4. The van der Waals surface area contributed by atoms with Crippen molar-refractivity contribution >= 4 is 51.1 Å². The lowest BCUT2D eigenvalue weighted by molar-refractivity contribution is -0.128. The van der Waals surface area contributed by atoms with E-state index in [9.17, 15) is 19.1 Å². The van der Waals surface area contributed by atoms with Crippen LogP contribution in [0.5, 0.6) is 5.75 Å². The molecular weight excluding hydrogens is 478 g/mol. The van der Waals surface area contributed by atoms with Crippen molar-refractivity contribution in [3.63, 3.8) is 0 Å². The maximum Gasteiger partial charge on any atom is 0.325 e. The van der Waals surface area contributed by atoms with Gasteiger partial charge in [0.1, 0.15) is 30.3 Å². The zero-order valence-electron chi connectivity index (χ0n) is 14.2. The molecule has 3 rings (SSSR count). The first kappa shape index (κ1) is 20.9. The highest BCUT2D eigenvalue weighted by Crippen LogP contribution is 2.28. The third-order valence-corrected chi connectivity index (χ3v) is 5.18. The number of nitrogens with zero attached hydrogens (tertiary/aromatic N) is 1. The van der Waals surface area contributed by atoms with Crippen LogP contribution in [0.1, 0.15) is 11.6 Å². The second-order valence-corrected chi connectivity index (χ2v) is 7.74. The van der Waals surface area contributed by atoms with E-state index in [2.05, 4.69) is 21.2 Å². The van der Waals surface area contributed by atoms with Gasteiger partial charge in [-0.1, -0.05) is 29.3 Å². The summed E-state index contributed by atoms with van der Waals surface area (Å²) in [7, 11) is 0. The van der Waals surface area contributed by atoms with Gasteiger partial charge in [-0.15, -0.1) is 0 Å². The van der Waals surface area contributed by atoms with Gasteiger partial charge in [-0.2, -0.15) is 0 Å². The number of carbonyl (C=O) groups is 2. The van der Waals surface area contributed by atoms with E-state index in [-0.39, 0.29) is 23.4 Å². The molecule has 0 radical (unpaired) electrons. The van der Waals surface area contributed by atoms with Crippen LogP contribution >= 0.6 is 39.1 Å². The highest BCUT2D eigenvalue weighted by Gasteiger charge is 2.40. The fourth-order valence-corrected chi connectivity index (χ4v) is 3.38. The molecule has 0 spiro atoms. The standard InChI is InChI=1S/C18H14BrCl2FN2O4/c19-12-5-9(1-4-14(12)22)16-17(26)24(18(27)23-16)7-11(25)8-28-15-6-10(20)2-3-13(15)21/h1-6,11,16,25H,7-8H2,(H,23,27). The number of rotatable bonds is 6. The maximum absolute atomic E-state index is 13.4. The van der Waals surface area contributed by atoms with Crippen molar-refractivity contribution in [1.29, 1.82) is 0 Å². The Labute approximate surface area is 178 Å². The number of carbonyl (C=O) groups excluding carboxylic acids is 2. The molecule has 2 atom stereocenters. The topological polar surface area (TPSA) is 78.9 Å². The normalized spacial score (nSPS) is 17.6. The van der Waals surface area contributed by atoms with Gasteiger partial charge >= 0.3 is 6.03 Å². The number of nitrogens with one attached hydrogen (secondary N) is 1. The first-order chi connectivity index (χ1) is 13.3. The van der Waals surface area contributed by atoms with Crippen molar-refractivity contribution < 1.29 is 23.8 Å². The highest BCUT2D eigenvalue weighted by atomic mass is 79.9. The lowest BCUT2D eigenvalue weighted by Gasteiger charge is -2.18. The SMILES string of the molecule is O=C1NC(c2ccc(F)c(Br)c2)C(=O)N1CC(O)COc1cc(Cl)ccc1Cl. The number of amides is 3. The molecule has 1 saturated heterocycles. The molecule has 1 aliphatic rings.